The topological polar surface area (TPSA) is 9.23 Å². The normalized spacial score (nSPS) is 17.1. The van der Waals surface area contributed by atoms with Crippen molar-refractivity contribution in [3.63, 3.8) is 0 Å². The molecule has 0 saturated heterocycles. The van der Waals surface area contributed by atoms with E-state index in [2.05, 4.69) is 20.8 Å². The van der Waals surface area contributed by atoms with Crippen LogP contribution in [0.15, 0.2) is 0 Å². The van der Waals surface area contributed by atoms with Gasteiger partial charge >= 0.3 is 0 Å². The standard InChI is InChI=1S/C11H23FO/c1-6-10(3,7-2)8-11(4,12)9-13-5/h6-9H2,1-5H3/t11-/m1/s1. The van der Waals surface area contributed by atoms with Gasteiger partial charge in [-0.3, -0.25) is 0 Å². The summed E-state index contributed by atoms with van der Waals surface area (Å²) in [5.41, 5.74) is -1.07. The van der Waals surface area contributed by atoms with E-state index in [9.17, 15) is 4.39 Å². The van der Waals surface area contributed by atoms with E-state index in [4.69, 9.17) is 4.74 Å². The Kier molecular flexibility index (Phi) is 4.90. The number of ether oxygens (including phenoxy) is 1. The van der Waals surface area contributed by atoms with Gasteiger partial charge in [0.1, 0.15) is 5.67 Å². The van der Waals surface area contributed by atoms with Crippen molar-refractivity contribution in [1.82, 2.24) is 0 Å². The van der Waals surface area contributed by atoms with Gasteiger partial charge in [0.2, 0.25) is 0 Å². The van der Waals surface area contributed by atoms with Crippen molar-refractivity contribution in [3.8, 4) is 0 Å². The van der Waals surface area contributed by atoms with Crippen LogP contribution in [0.1, 0.15) is 47.0 Å². The van der Waals surface area contributed by atoms with E-state index >= 15 is 0 Å². The van der Waals surface area contributed by atoms with Crippen molar-refractivity contribution in [3.05, 3.63) is 0 Å². The second-order valence-electron chi connectivity index (χ2n) is 4.54. The van der Waals surface area contributed by atoms with Gasteiger partial charge in [-0.25, -0.2) is 4.39 Å². The van der Waals surface area contributed by atoms with Gasteiger partial charge < -0.3 is 4.74 Å². The molecule has 1 nitrogen and oxygen atoms in total. The summed E-state index contributed by atoms with van der Waals surface area (Å²) in [6, 6.07) is 0. The first-order chi connectivity index (χ1) is 5.89. The van der Waals surface area contributed by atoms with Crippen molar-refractivity contribution in [2.45, 2.75) is 52.6 Å². The molecule has 0 bridgehead atoms. The molecule has 2 heteroatoms. The number of hydrogen-bond donors (Lipinski definition) is 0. The van der Waals surface area contributed by atoms with Gasteiger partial charge in [0, 0.05) is 7.11 Å². The maximum absolute atomic E-state index is 13.8. The molecule has 0 aliphatic rings. The average Bonchev–Trinajstić information content (AvgIpc) is 2.03. The van der Waals surface area contributed by atoms with E-state index in [1.807, 2.05) is 0 Å². The smallest absolute Gasteiger partial charge is 0.131 e. The second kappa shape index (κ2) is 4.94. The first kappa shape index (κ1) is 12.9. The minimum atomic E-state index is -1.18. The summed E-state index contributed by atoms with van der Waals surface area (Å²) in [5.74, 6) is 0. The molecule has 0 aliphatic carbocycles. The fraction of sp³-hybridized carbons (Fsp3) is 1.00. The second-order valence-corrected chi connectivity index (χ2v) is 4.54. The molecule has 0 amide bonds. The molecular formula is C11H23FO. The van der Waals surface area contributed by atoms with E-state index in [0.717, 1.165) is 12.8 Å². The van der Waals surface area contributed by atoms with Gasteiger partial charge in [-0.15, -0.1) is 0 Å². The molecule has 0 aromatic heterocycles. The Morgan fingerprint density at radius 1 is 1.15 bits per heavy atom. The highest BCUT2D eigenvalue weighted by atomic mass is 19.1. The third-order valence-electron chi connectivity index (χ3n) is 2.95. The van der Waals surface area contributed by atoms with Gasteiger partial charge in [-0.1, -0.05) is 33.6 Å². The summed E-state index contributed by atoms with van der Waals surface area (Å²) in [4.78, 5) is 0. The highest BCUT2D eigenvalue weighted by Crippen LogP contribution is 2.36. The number of rotatable bonds is 6. The molecule has 0 radical (unpaired) electrons. The first-order valence-electron chi connectivity index (χ1n) is 5.07. The van der Waals surface area contributed by atoms with Crippen LogP contribution in [0, 0.1) is 5.41 Å². The highest BCUT2D eigenvalue weighted by Gasteiger charge is 2.33. The molecule has 80 valence electrons. The summed E-state index contributed by atoms with van der Waals surface area (Å²) in [6.07, 6.45) is 2.63. The average molecular weight is 190 g/mol. The van der Waals surface area contributed by atoms with E-state index < -0.39 is 5.67 Å². The van der Waals surface area contributed by atoms with Crippen molar-refractivity contribution in [2.24, 2.45) is 5.41 Å². The number of alkyl halides is 1. The third kappa shape index (κ3) is 4.61. The minimum absolute atomic E-state index is 0.113. The van der Waals surface area contributed by atoms with Crippen LogP contribution in [-0.4, -0.2) is 19.4 Å². The van der Waals surface area contributed by atoms with Crippen LogP contribution in [0.3, 0.4) is 0 Å². The van der Waals surface area contributed by atoms with Gasteiger partial charge in [-0.2, -0.15) is 0 Å². The maximum atomic E-state index is 13.8. The zero-order chi connectivity index (χ0) is 10.5. The van der Waals surface area contributed by atoms with Crippen LogP contribution in [0.25, 0.3) is 0 Å². The van der Waals surface area contributed by atoms with Crippen molar-refractivity contribution in [2.75, 3.05) is 13.7 Å². The van der Waals surface area contributed by atoms with Crippen LogP contribution < -0.4 is 0 Å². The molecular weight excluding hydrogens is 167 g/mol. The van der Waals surface area contributed by atoms with Gasteiger partial charge in [0.05, 0.1) is 6.61 Å². The van der Waals surface area contributed by atoms with E-state index in [-0.39, 0.29) is 12.0 Å². The molecule has 0 fully saturated rings. The van der Waals surface area contributed by atoms with E-state index in [0.29, 0.717) is 6.42 Å². The molecule has 0 heterocycles. The summed E-state index contributed by atoms with van der Waals surface area (Å²) in [7, 11) is 1.55. The Morgan fingerprint density at radius 2 is 1.62 bits per heavy atom. The molecule has 0 aromatic rings. The summed E-state index contributed by atoms with van der Waals surface area (Å²) >= 11 is 0. The minimum Gasteiger partial charge on any atom is -0.381 e. The Bertz CT molecular complexity index is 139. The monoisotopic (exact) mass is 190 g/mol. The van der Waals surface area contributed by atoms with Crippen molar-refractivity contribution >= 4 is 0 Å². The van der Waals surface area contributed by atoms with Crippen LogP contribution >= 0.6 is 0 Å². The van der Waals surface area contributed by atoms with Crippen molar-refractivity contribution in [1.29, 1.82) is 0 Å². The lowest BCUT2D eigenvalue weighted by atomic mass is 9.76. The Balaban J connectivity index is 4.21. The van der Waals surface area contributed by atoms with Crippen LogP contribution in [0.5, 0.6) is 0 Å². The van der Waals surface area contributed by atoms with Crippen molar-refractivity contribution < 1.29 is 9.13 Å². The zero-order valence-electron chi connectivity index (χ0n) is 9.61. The Morgan fingerprint density at radius 3 is 1.92 bits per heavy atom. The summed E-state index contributed by atoms with van der Waals surface area (Å²) in [6.45, 7) is 8.20. The number of methoxy groups -OCH3 is 1. The molecule has 1 atom stereocenters. The maximum Gasteiger partial charge on any atom is 0.131 e. The van der Waals surface area contributed by atoms with Gasteiger partial charge in [-0.05, 0) is 18.8 Å². The lowest BCUT2D eigenvalue weighted by Gasteiger charge is -2.33. The molecule has 13 heavy (non-hydrogen) atoms. The predicted molar refractivity (Wildman–Crippen MR) is 54.7 cm³/mol. The molecule has 0 spiro atoms. The summed E-state index contributed by atoms with van der Waals surface area (Å²) in [5, 5.41) is 0. The molecule has 0 N–H and O–H groups in total. The molecule has 0 unspecified atom stereocenters. The first-order valence-corrected chi connectivity index (χ1v) is 5.07. The highest BCUT2D eigenvalue weighted by molar-refractivity contribution is 4.83. The predicted octanol–water partition coefficient (Wildman–Crippen LogP) is 3.58. The largest absolute Gasteiger partial charge is 0.381 e. The Labute approximate surface area is 81.7 Å². The molecule has 0 aliphatic heterocycles. The number of hydrogen-bond acceptors (Lipinski definition) is 1. The van der Waals surface area contributed by atoms with E-state index in [1.54, 1.807) is 14.0 Å². The summed E-state index contributed by atoms with van der Waals surface area (Å²) < 4.78 is 18.7. The third-order valence-corrected chi connectivity index (χ3v) is 2.95. The van der Waals surface area contributed by atoms with Crippen LogP contribution in [0.4, 0.5) is 4.39 Å². The van der Waals surface area contributed by atoms with Gasteiger partial charge in [0.15, 0.2) is 0 Å². The number of halogens is 1. The molecule has 0 aromatic carbocycles. The molecule has 0 saturated carbocycles. The lowest BCUT2D eigenvalue weighted by Crippen LogP contribution is -2.32. The van der Waals surface area contributed by atoms with Gasteiger partial charge in [0.25, 0.3) is 0 Å². The Hall–Kier alpha value is -0.110. The quantitative estimate of drug-likeness (QED) is 0.622. The van der Waals surface area contributed by atoms with Crippen LogP contribution in [0.2, 0.25) is 0 Å². The van der Waals surface area contributed by atoms with Crippen LogP contribution in [-0.2, 0) is 4.74 Å². The fourth-order valence-electron chi connectivity index (χ4n) is 1.74. The molecule has 0 rings (SSSR count). The fourth-order valence-corrected chi connectivity index (χ4v) is 1.74. The zero-order valence-corrected chi connectivity index (χ0v) is 9.61. The SMILES string of the molecule is CCC(C)(CC)C[C@@](C)(F)COC. The van der Waals surface area contributed by atoms with E-state index in [1.165, 1.54) is 0 Å². The lowest BCUT2D eigenvalue weighted by molar-refractivity contribution is 0.0147.